The number of H-pyrrole nitrogens is 1. The number of carbonyl (C=O) groups excluding carboxylic acids is 2. The van der Waals surface area contributed by atoms with Crippen LogP contribution in [0.5, 0.6) is 0 Å². The minimum atomic E-state index is -1.52. The quantitative estimate of drug-likeness (QED) is 0.213. The number of urea groups is 1. The lowest BCUT2D eigenvalue weighted by molar-refractivity contribution is -0.384. The molecule has 1 unspecified atom stereocenters. The first kappa shape index (κ1) is 22.0. The normalized spacial score (nSPS) is 12.2. The number of hydrogen-bond donors (Lipinski definition) is 5. The second-order valence-electron chi connectivity index (χ2n) is 6.55. The number of non-ortho nitro benzene ring substituents is 1. The lowest BCUT2D eigenvalue weighted by Crippen LogP contribution is -2.31. The molecule has 3 rings (SSSR count). The molecule has 1 atom stereocenters. The molecule has 0 fully saturated rings. The number of aliphatic hydroxyl groups is 1. The van der Waals surface area contributed by atoms with Crippen molar-refractivity contribution in [3.63, 3.8) is 0 Å². The zero-order chi connectivity index (χ0) is 23.4. The number of primary amides is 1. The number of hydrazone groups is 1. The molecule has 0 spiro atoms. The van der Waals surface area contributed by atoms with E-state index in [-0.39, 0.29) is 39.6 Å². The lowest BCUT2D eigenvalue weighted by Gasteiger charge is -2.14. The average Bonchev–Trinajstić information content (AvgIpc) is 2.73. The Morgan fingerprint density at radius 1 is 1.25 bits per heavy atom. The summed E-state index contributed by atoms with van der Waals surface area (Å²) in [5, 5.41) is 28.1. The monoisotopic (exact) mass is 439 g/mol. The molecule has 2 aromatic carbocycles. The predicted molar refractivity (Wildman–Crippen MR) is 114 cm³/mol. The Morgan fingerprint density at radius 3 is 2.53 bits per heavy atom. The minimum absolute atomic E-state index is 0.101. The highest BCUT2D eigenvalue weighted by Gasteiger charge is 2.23. The van der Waals surface area contributed by atoms with Crippen molar-refractivity contribution in [2.75, 3.05) is 5.32 Å². The van der Waals surface area contributed by atoms with Gasteiger partial charge in [-0.1, -0.05) is 12.1 Å². The number of nitro benzene ring substituents is 1. The number of carbonyl (C=O) groups is 2. The van der Waals surface area contributed by atoms with Crippen molar-refractivity contribution in [2.24, 2.45) is 10.8 Å². The van der Waals surface area contributed by atoms with Crippen LogP contribution < -0.4 is 22.0 Å². The summed E-state index contributed by atoms with van der Waals surface area (Å²) >= 11 is 0. The summed E-state index contributed by atoms with van der Waals surface area (Å²) in [5.41, 5.74) is 6.33. The van der Waals surface area contributed by atoms with E-state index in [2.05, 4.69) is 20.4 Å². The van der Waals surface area contributed by atoms with Crippen LogP contribution in [0.3, 0.4) is 0 Å². The number of aromatic amines is 1. The van der Waals surface area contributed by atoms with E-state index < -0.39 is 22.6 Å². The van der Waals surface area contributed by atoms with Crippen LogP contribution in [0.1, 0.15) is 24.3 Å². The van der Waals surface area contributed by atoms with Crippen molar-refractivity contribution in [1.29, 1.82) is 0 Å². The number of fused-ring (bicyclic) bond motifs is 1. The Morgan fingerprint density at radius 2 is 1.94 bits per heavy atom. The summed E-state index contributed by atoms with van der Waals surface area (Å²) in [6.45, 7) is 1.34. The third-order valence-corrected chi connectivity index (χ3v) is 4.22. The first-order valence-electron chi connectivity index (χ1n) is 9.03. The molecule has 3 aromatic rings. The van der Waals surface area contributed by atoms with E-state index in [0.29, 0.717) is 5.69 Å². The average molecular weight is 439 g/mol. The van der Waals surface area contributed by atoms with Gasteiger partial charge in [-0.15, -0.1) is 0 Å². The number of nitrogens with two attached hydrogens (primary N) is 1. The van der Waals surface area contributed by atoms with E-state index in [1.807, 2.05) is 5.43 Å². The van der Waals surface area contributed by atoms with Crippen LogP contribution in [0, 0.1) is 10.1 Å². The highest BCUT2D eigenvalue weighted by atomic mass is 16.6. The molecule has 1 heterocycles. The van der Waals surface area contributed by atoms with Gasteiger partial charge in [-0.05, 0) is 23.8 Å². The summed E-state index contributed by atoms with van der Waals surface area (Å²) in [4.78, 5) is 51.9. The van der Waals surface area contributed by atoms with Gasteiger partial charge in [-0.2, -0.15) is 5.10 Å². The Balaban J connectivity index is 2.07. The molecular formula is C19H17N7O6. The number of nitro groups is 1. The Kier molecular flexibility index (Phi) is 6.21. The van der Waals surface area contributed by atoms with Gasteiger partial charge in [0.05, 0.1) is 16.0 Å². The predicted octanol–water partition coefficient (Wildman–Crippen LogP) is 0.896. The number of aromatic nitrogens is 2. The topological polar surface area (TPSA) is 206 Å². The molecule has 0 aliphatic rings. The van der Waals surface area contributed by atoms with E-state index in [4.69, 9.17) is 5.73 Å². The van der Waals surface area contributed by atoms with Gasteiger partial charge in [-0.25, -0.2) is 15.2 Å². The number of rotatable bonds is 6. The molecule has 0 saturated carbocycles. The van der Waals surface area contributed by atoms with Crippen LogP contribution in [0.15, 0.2) is 52.4 Å². The first-order chi connectivity index (χ1) is 15.2. The van der Waals surface area contributed by atoms with E-state index in [1.54, 1.807) is 0 Å². The number of hydrogen-bond acceptors (Lipinski definition) is 8. The summed E-state index contributed by atoms with van der Waals surface area (Å²) in [5.74, 6) is -0.279. The van der Waals surface area contributed by atoms with Crippen molar-refractivity contribution in [3.05, 3.63) is 74.2 Å². The van der Waals surface area contributed by atoms with Gasteiger partial charge < -0.3 is 21.1 Å². The molecular weight excluding hydrogens is 422 g/mol. The molecule has 32 heavy (non-hydrogen) atoms. The highest BCUT2D eigenvalue weighted by molar-refractivity contribution is 6.03. The second-order valence-corrected chi connectivity index (χ2v) is 6.55. The zero-order valence-corrected chi connectivity index (χ0v) is 16.5. The maximum Gasteiger partial charge on any atom is 0.332 e. The lowest BCUT2D eigenvalue weighted by atomic mass is 10.0. The molecule has 0 radical (unpaired) electrons. The molecule has 13 heteroatoms. The van der Waals surface area contributed by atoms with E-state index in [1.165, 1.54) is 43.3 Å². The van der Waals surface area contributed by atoms with Gasteiger partial charge in [0, 0.05) is 24.7 Å². The molecule has 0 aliphatic heterocycles. The van der Waals surface area contributed by atoms with Crippen LogP contribution in [-0.4, -0.2) is 37.6 Å². The number of anilines is 1. The summed E-state index contributed by atoms with van der Waals surface area (Å²) in [6.07, 6.45) is -1.52. The second kappa shape index (κ2) is 9.01. The van der Waals surface area contributed by atoms with Gasteiger partial charge in [0.15, 0.2) is 5.69 Å². The molecule has 3 amide bonds. The van der Waals surface area contributed by atoms with E-state index in [0.717, 1.165) is 6.07 Å². The van der Waals surface area contributed by atoms with Crippen LogP contribution in [0.2, 0.25) is 0 Å². The fraction of sp³-hybridized carbons (Fsp3) is 0.105. The Bertz CT molecular complexity index is 1300. The maximum absolute atomic E-state index is 12.6. The fourth-order valence-corrected chi connectivity index (χ4v) is 2.83. The van der Waals surface area contributed by atoms with E-state index >= 15 is 0 Å². The number of aliphatic hydroxyl groups excluding tert-OH is 1. The molecule has 0 aliphatic carbocycles. The SMILES string of the molecule is CC(=O)Nc1ccc(C(O)C(=NNC(N)=O)c2nc3ccc([N+](=O)[O-])cc3[nH]c2=O)cc1. The highest BCUT2D eigenvalue weighted by Crippen LogP contribution is 2.21. The smallest absolute Gasteiger partial charge is 0.332 e. The summed E-state index contributed by atoms with van der Waals surface area (Å²) in [7, 11) is 0. The largest absolute Gasteiger partial charge is 0.382 e. The van der Waals surface area contributed by atoms with Gasteiger partial charge in [0.2, 0.25) is 5.91 Å². The molecule has 6 N–H and O–H groups in total. The van der Waals surface area contributed by atoms with Crippen molar-refractivity contribution >= 4 is 40.1 Å². The third-order valence-electron chi connectivity index (χ3n) is 4.22. The van der Waals surface area contributed by atoms with Gasteiger partial charge in [0.25, 0.3) is 11.2 Å². The summed E-state index contributed by atoms with van der Waals surface area (Å²) < 4.78 is 0. The third kappa shape index (κ3) is 4.91. The maximum atomic E-state index is 12.6. The van der Waals surface area contributed by atoms with E-state index in [9.17, 15) is 29.6 Å². The van der Waals surface area contributed by atoms with Crippen molar-refractivity contribution in [1.82, 2.24) is 15.4 Å². The molecule has 1 aromatic heterocycles. The number of nitrogens with one attached hydrogen (secondary N) is 3. The Labute approximate surface area is 179 Å². The van der Waals surface area contributed by atoms with Gasteiger partial charge >= 0.3 is 6.03 Å². The van der Waals surface area contributed by atoms with Crippen molar-refractivity contribution in [3.8, 4) is 0 Å². The van der Waals surface area contributed by atoms with Crippen molar-refractivity contribution in [2.45, 2.75) is 13.0 Å². The molecule has 164 valence electrons. The van der Waals surface area contributed by atoms with Crippen LogP contribution in [-0.2, 0) is 4.79 Å². The first-order valence-corrected chi connectivity index (χ1v) is 9.03. The number of nitrogens with zero attached hydrogens (tertiary/aromatic N) is 3. The number of benzene rings is 2. The van der Waals surface area contributed by atoms with Gasteiger partial charge in [-0.3, -0.25) is 19.7 Å². The molecule has 0 saturated heterocycles. The number of amides is 3. The zero-order valence-electron chi connectivity index (χ0n) is 16.5. The standard InChI is InChI=1S/C19H17N7O6/c1-9(27)21-11-4-2-10(3-5-11)17(28)15(24-25-19(20)30)16-18(29)23-14-8-12(26(31)32)6-7-13(14)22-16/h2-8,17,28H,1H3,(H,21,27)(H,23,29)(H3,20,25,30). The van der Waals surface area contributed by atoms with Crippen LogP contribution in [0.4, 0.5) is 16.2 Å². The Hall–Kier alpha value is -4.65. The van der Waals surface area contributed by atoms with Crippen molar-refractivity contribution < 1.29 is 19.6 Å². The minimum Gasteiger partial charge on any atom is -0.382 e. The van der Waals surface area contributed by atoms with Crippen LogP contribution in [0.25, 0.3) is 11.0 Å². The van der Waals surface area contributed by atoms with Gasteiger partial charge in [0.1, 0.15) is 11.8 Å². The molecule has 13 nitrogen and oxygen atoms in total. The fourth-order valence-electron chi connectivity index (χ4n) is 2.83. The van der Waals surface area contributed by atoms with Crippen LogP contribution >= 0.6 is 0 Å². The molecule has 0 bridgehead atoms. The summed E-state index contributed by atoms with van der Waals surface area (Å²) in [6, 6.07) is 8.63.